The number of ether oxygens (including phenoxy) is 2. The lowest BCUT2D eigenvalue weighted by atomic mass is 9.90. The number of methoxy groups -OCH3 is 1. The molecule has 3 heteroatoms. The summed E-state index contributed by atoms with van der Waals surface area (Å²) in [4.78, 5) is 0. The molecule has 0 radical (unpaired) electrons. The Hall–Kier alpha value is -1.84. The molecule has 1 heterocycles. The van der Waals surface area contributed by atoms with Crippen LogP contribution < -0.4 is 4.74 Å². The molecule has 3 rings (SSSR count). The van der Waals surface area contributed by atoms with Crippen molar-refractivity contribution in [1.29, 1.82) is 0 Å². The molecule has 1 aliphatic rings. The monoisotopic (exact) mass is 312 g/mol. The summed E-state index contributed by atoms with van der Waals surface area (Å²) in [5, 5.41) is 10.4. The van der Waals surface area contributed by atoms with Gasteiger partial charge < -0.3 is 14.6 Å². The molecule has 2 unspecified atom stereocenters. The normalized spacial score (nSPS) is 17.9. The number of aliphatic hydroxyl groups is 1. The van der Waals surface area contributed by atoms with Crippen molar-refractivity contribution in [1.82, 2.24) is 0 Å². The molecule has 122 valence electrons. The molecule has 1 aliphatic heterocycles. The molecule has 0 aromatic heterocycles. The van der Waals surface area contributed by atoms with E-state index < -0.39 is 6.10 Å². The Balaban J connectivity index is 2.04. The number of hydrogen-bond donors (Lipinski definition) is 1. The number of aliphatic hydroxyl groups excluding tert-OH is 1. The average molecular weight is 312 g/mol. The number of aryl methyl sites for hydroxylation is 4. The minimum Gasteiger partial charge on any atom is -0.496 e. The third kappa shape index (κ3) is 2.99. The summed E-state index contributed by atoms with van der Waals surface area (Å²) in [5.41, 5.74) is 7.82. The minimum atomic E-state index is -0.525. The first kappa shape index (κ1) is 16.0. The van der Waals surface area contributed by atoms with Gasteiger partial charge in [0.25, 0.3) is 0 Å². The van der Waals surface area contributed by atoms with Crippen LogP contribution in [-0.2, 0) is 4.74 Å². The average Bonchev–Trinajstić information content (AvgIpc) is 3.30. The maximum atomic E-state index is 10.4. The van der Waals surface area contributed by atoms with Crippen LogP contribution in [-0.4, -0.2) is 24.9 Å². The second-order valence-electron chi connectivity index (χ2n) is 6.48. The van der Waals surface area contributed by atoms with Crippen LogP contribution in [0.25, 0.3) is 11.1 Å². The summed E-state index contributed by atoms with van der Waals surface area (Å²) in [6.07, 6.45) is -0.563. The Bertz CT molecular complexity index is 699. The summed E-state index contributed by atoms with van der Waals surface area (Å²) in [5.74, 6) is 0.945. The second kappa shape index (κ2) is 5.99. The molecule has 0 bridgehead atoms. The van der Waals surface area contributed by atoms with E-state index in [1.165, 1.54) is 11.1 Å². The fraction of sp³-hybridized carbons (Fsp3) is 0.400. The van der Waals surface area contributed by atoms with Gasteiger partial charge in [-0.05, 0) is 78.8 Å². The molecule has 2 atom stereocenters. The zero-order valence-electron chi connectivity index (χ0n) is 14.4. The van der Waals surface area contributed by atoms with E-state index in [-0.39, 0.29) is 6.10 Å². The molecular formula is C20H24O3. The molecule has 0 aliphatic carbocycles. The summed E-state index contributed by atoms with van der Waals surface area (Å²) < 4.78 is 10.7. The maximum absolute atomic E-state index is 10.4. The molecule has 3 nitrogen and oxygen atoms in total. The van der Waals surface area contributed by atoms with E-state index in [1.54, 1.807) is 7.11 Å². The summed E-state index contributed by atoms with van der Waals surface area (Å²) in [7, 11) is 1.71. The first-order valence-corrected chi connectivity index (χ1v) is 7.98. The quantitative estimate of drug-likeness (QED) is 0.867. The van der Waals surface area contributed by atoms with Crippen molar-refractivity contribution in [2.45, 2.75) is 39.9 Å². The predicted molar refractivity (Wildman–Crippen MR) is 92.1 cm³/mol. The number of hydrogen-bond acceptors (Lipinski definition) is 3. The van der Waals surface area contributed by atoms with E-state index >= 15 is 0 Å². The summed E-state index contributed by atoms with van der Waals surface area (Å²) in [6.45, 7) is 8.90. The van der Waals surface area contributed by atoms with Crippen LogP contribution in [0.2, 0.25) is 0 Å². The van der Waals surface area contributed by atoms with Crippen LogP contribution in [0.3, 0.4) is 0 Å². The van der Waals surface area contributed by atoms with Crippen LogP contribution in [0.4, 0.5) is 0 Å². The van der Waals surface area contributed by atoms with E-state index in [0.717, 1.165) is 33.6 Å². The highest BCUT2D eigenvalue weighted by Crippen LogP contribution is 2.36. The fourth-order valence-electron chi connectivity index (χ4n) is 3.47. The van der Waals surface area contributed by atoms with E-state index in [2.05, 4.69) is 52.0 Å². The lowest BCUT2D eigenvalue weighted by molar-refractivity contribution is 0.135. The van der Waals surface area contributed by atoms with Gasteiger partial charge in [0.1, 0.15) is 18.0 Å². The Morgan fingerprint density at radius 3 is 1.78 bits per heavy atom. The largest absolute Gasteiger partial charge is 0.496 e. The SMILES string of the molecule is COc1c(C)cc(-c2cc(C)c(C(O)C3CO3)c(C)c2)cc1C. The van der Waals surface area contributed by atoms with Gasteiger partial charge in [0.2, 0.25) is 0 Å². The second-order valence-corrected chi connectivity index (χ2v) is 6.48. The van der Waals surface area contributed by atoms with Crippen molar-refractivity contribution in [3.8, 4) is 16.9 Å². The topological polar surface area (TPSA) is 42.0 Å². The highest BCUT2D eigenvalue weighted by atomic mass is 16.6. The minimum absolute atomic E-state index is 0.0382. The van der Waals surface area contributed by atoms with Crippen LogP contribution in [0.15, 0.2) is 24.3 Å². The van der Waals surface area contributed by atoms with E-state index in [9.17, 15) is 5.11 Å². The van der Waals surface area contributed by atoms with Crippen LogP contribution >= 0.6 is 0 Å². The van der Waals surface area contributed by atoms with Gasteiger partial charge in [-0.3, -0.25) is 0 Å². The van der Waals surface area contributed by atoms with Gasteiger partial charge in [0.05, 0.1) is 13.7 Å². The molecule has 2 aromatic rings. The zero-order valence-corrected chi connectivity index (χ0v) is 14.4. The zero-order chi connectivity index (χ0) is 16.7. The molecule has 1 N–H and O–H groups in total. The summed E-state index contributed by atoms with van der Waals surface area (Å²) >= 11 is 0. The molecule has 0 saturated carbocycles. The number of rotatable bonds is 4. The predicted octanol–water partition coefficient (Wildman–Crippen LogP) is 4.03. The van der Waals surface area contributed by atoms with E-state index in [1.807, 2.05) is 0 Å². The fourth-order valence-corrected chi connectivity index (χ4v) is 3.47. The van der Waals surface area contributed by atoms with Gasteiger partial charge in [0.15, 0.2) is 0 Å². The Morgan fingerprint density at radius 1 is 0.957 bits per heavy atom. The maximum Gasteiger partial charge on any atom is 0.124 e. The Labute approximate surface area is 137 Å². The third-order valence-electron chi connectivity index (χ3n) is 4.60. The van der Waals surface area contributed by atoms with Gasteiger partial charge in [-0.1, -0.05) is 12.1 Å². The third-order valence-corrected chi connectivity index (χ3v) is 4.60. The van der Waals surface area contributed by atoms with Crippen LogP contribution in [0, 0.1) is 27.7 Å². The van der Waals surface area contributed by atoms with Crippen LogP contribution in [0.1, 0.15) is 33.9 Å². The van der Waals surface area contributed by atoms with Gasteiger partial charge in [0, 0.05) is 0 Å². The van der Waals surface area contributed by atoms with Gasteiger partial charge in [-0.2, -0.15) is 0 Å². The highest BCUT2D eigenvalue weighted by molar-refractivity contribution is 5.69. The first-order valence-electron chi connectivity index (χ1n) is 7.98. The molecule has 0 amide bonds. The number of epoxide rings is 1. The molecule has 0 spiro atoms. The molecular weight excluding hydrogens is 288 g/mol. The lowest BCUT2D eigenvalue weighted by Crippen LogP contribution is -2.09. The van der Waals surface area contributed by atoms with Gasteiger partial charge in [-0.15, -0.1) is 0 Å². The summed E-state index contributed by atoms with van der Waals surface area (Å²) in [6, 6.07) is 8.60. The Kier molecular flexibility index (Phi) is 4.17. The molecule has 23 heavy (non-hydrogen) atoms. The smallest absolute Gasteiger partial charge is 0.124 e. The number of benzene rings is 2. The Morgan fingerprint density at radius 2 is 1.39 bits per heavy atom. The molecule has 2 aromatic carbocycles. The standard InChI is InChI=1S/C20H24O3/c1-11-6-15(7-12(2)18(11)19(21)17-10-23-17)16-8-13(3)20(22-5)14(4)9-16/h6-9,17,19,21H,10H2,1-5H3. The van der Waals surface area contributed by atoms with Gasteiger partial charge >= 0.3 is 0 Å². The molecule has 1 saturated heterocycles. The van der Waals surface area contributed by atoms with Gasteiger partial charge in [-0.25, -0.2) is 0 Å². The van der Waals surface area contributed by atoms with E-state index in [4.69, 9.17) is 9.47 Å². The lowest BCUT2D eigenvalue weighted by Gasteiger charge is -2.18. The highest BCUT2D eigenvalue weighted by Gasteiger charge is 2.34. The van der Waals surface area contributed by atoms with Crippen molar-refractivity contribution < 1.29 is 14.6 Å². The van der Waals surface area contributed by atoms with Crippen molar-refractivity contribution >= 4 is 0 Å². The van der Waals surface area contributed by atoms with E-state index in [0.29, 0.717) is 6.61 Å². The first-order chi connectivity index (χ1) is 10.9. The van der Waals surface area contributed by atoms with Crippen molar-refractivity contribution in [2.24, 2.45) is 0 Å². The molecule has 1 fully saturated rings. The van der Waals surface area contributed by atoms with Crippen molar-refractivity contribution in [2.75, 3.05) is 13.7 Å². The van der Waals surface area contributed by atoms with Crippen molar-refractivity contribution in [3.05, 3.63) is 52.1 Å². The van der Waals surface area contributed by atoms with Crippen LogP contribution in [0.5, 0.6) is 5.75 Å². The van der Waals surface area contributed by atoms with Crippen molar-refractivity contribution in [3.63, 3.8) is 0 Å².